The third-order valence-electron chi connectivity index (χ3n) is 1.58. The number of hydrogen-bond acceptors (Lipinski definition) is 2. The summed E-state index contributed by atoms with van der Waals surface area (Å²) in [6.45, 7) is 6.87. The van der Waals surface area contributed by atoms with E-state index in [-0.39, 0.29) is 5.69 Å². The van der Waals surface area contributed by atoms with Crippen molar-refractivity contribution in [3.05, 3.63) is 35.2 Å². The molecule has 0 aliphatic heterocycles. The van der Waals surface area contributed by atoms with Gasteiger partial charge in [0.2, 0.25) is 15.7 Å². The number of hydrogen-bond donors (Lipinski definition) is 1. The van der Waals surface area contributed by atoms with E-state index >= 15 is 0 Å². The number of terminal acetylenes is 1. The predicted molar refractivity (Wildman–Crippen MR) is 59.1 cm³/mol. The molecule has 0 unspecified atom stereocenters. The molecule has 0 spiro atoms. The van der Waals surface area contributed by atoms with Crippen molar-refractivity contribution in [2.75, 3.05) is 11.0 Å². The molecule has 15 heavy (non-hydrogen) atoms. The van der Waals surface area contributed by atoms with Crippen molar-refractivity contribution in [2.45, 2.75) is 0 Å². The second-order valence-electron chi connectivity index (χ2n) is 2.86. The first-order chi connectivity index (χ1) is 6.96. The third-order valence-corrected chi connectivity index (χ3v) is 2.18. The number of rotatable bonds is 2. The lowest BCUT2D eigenvalue weighted by atomic mass is 10.2. The Labute approximate surface area is 88.8 Å². The van der Waals surface area contributed by atoms with Crippen LogP contribution in [0.5, 0.6) is 0 Å². The van der Waals surface area contributed by atoms with Crippen LogP contribution in [0.2, 0.25) is 0 Å². The van der Waals surface area contributed by atoms with Gasteiger partial charge in [0, 0.05) is 11.3 Å². The molecule has 0 saturated carbocycles. The van der Waals surface area contributed by atoms with Crippen LogP contribution >= 0.6 is 0 Å². The first kappa shape index (κ1) is 11.1. The Balaban J connectivity index is 3.18. The standard InChI is InChI=1S/C10H8N2O2S/c1-4-8-5-6-9(7-10(8)11-2)12-15(3,13)14/h1,5-7,12H,3H3. The first-order valence-corrected chi connectivity index (χ1v) is 5.81. The molecule has 5 heteroatoms. The summed E-state index contributed by atoms with van der Waals surface area (Å²) < 4.78 is 24.1. The molecule has 1 aromatic carbocycles. The number of nitrogens with one attached hydrogen (secondary N) is 1. The van der Waals surface area contributed by atoms with E-state index in [1.807, 2.05) is 0 Å². The summed E-state index contributed by atoms with van der Waals surface area (Å²) in [5.74, 6) is 2.35. The minimum Gasteiger partial charge on any atom is -0.285 e. The third kappa shape index (κ3) is 3.01. The molecular weight excluding hydrogens is 212 g/mol. The molecule has 0 aliphatic rings. The molecule has 0 aromatic heterocycles. The van der Waals surface area contributed by atoms with Gasteiger partial charge in [-0.25, -0.2) is 13.3 Å². The van der Waals surface area contributed by atoms with E-state index in [2.05, 4.69) is 15.5 Å². The Morgan fingerprint density at radius 1 is 1.53 bits per heavy atom. The van der Waals surface area contributed by atoms with Crippen LogP contribution in [0.1, 0.15) is 5.56 Å². The summed E-state index contributed by atoms with van der Waals surface area (Å²) >= 11 is 0. The SMILES string of the molecule is [C-]#[N+]c1cc(NS(C)(=O)=O)ccc1C#C. The zero-order valence-electron chi connectivity index (χ0n) is 7.98. The molecule has 0 bridgehead atoms. The highest BCUT2D eigenvalue weighted by Crippen LogP contribution is 2.23. The molecule has 4 nitrogen and oxygen atoms in total. The van der Waals surface area contributed by atoms with Crippen LogP contribution in [-0.2, 0) is 10.0 Å². The summed E-state index contributed by atoms with van der Waals surface area (Å²) in [4.78, 5) is 3.20. The highest BCUT2D eigenvalue weighted by Gasteiger charge is 2.05. The lowest BCUT2D eigenvalue weighted by molar-refractivity contribution is 0.607. The second-order valence-corrected chi connectivity index (χ2v) is 4.61. The number of sulfonamides is 1. The van der Waals surface area contributed by atoms with Crippen molar-refractivity contribution in [3.8, 4) is 12.3 Å². The molecule has 0 fully saturated rings. The van der Waals surface area contributed by atoms with Crippen LogP contribution in [0, 0.1) is 18.9 Å². The number of anilines is 1. The van der Waals surface area contributed by atoms with Crippen LogP contribution in [0.4, 0.5) is 11.4 Å². The van der Waals surface area contributed by atoms with E-state index in [1.54, 1.807) is 0 Å². The second kappa shape index (κ2) is 4.04. The summed E-state index contributed by atoms with van der Waals surface area (Å²) in [7, 11) is -3.33. The molecule has 1 aromatic rings. The van der Waals surface area contributed by atoms with E-state index in [4.69, 9.17) is 13.0 Å². The van der Waals surface area contributed by atoms with Gasteiger partial charge in [-0.1, -0.05) is 12.0 Å². The number of nitrogens with zero attached hydrogens (tertiary/aromatic N) is 1. The minimum atomic E-state index is -3.33. The average molecular weight is 220 g/mol. The van der Waals surface area contributed by atoms with Crippen LogP contribution in [0.15, 0.2) is 18.2 Å². The van der Waals surface area contributed by atoms with Gasteiger partial charge in [0.15, 0.2) is 0 Å². The molecular formula is C10H8N2O2S. The maximum atomic E-state index is 10.9. The first-order valence-electron chi connectivity index (χ1n) is 3.92. The van der Waals surface area contributed by atoms with Crippen LogP contribution < -0.4 is 4.72 Å². The lowest BCUT2D eigenvalue weighted by Crippen LogP contribution is -2.09. The van der Waals surface area contributed by atoms with Gasteiger partial charge in [0.05, 0.1) is 12.8 Å². The zero-order valence-corrected chi connectivity index (χ0v) is 8.80. The Morgan fingerprint density at radius 2 is 2.20 bits per heavy atom. The van der Waals surface area contributed by atoms with Gasteiger partial charge in [-0.05, 0) is 12.1 Å². The summed E-state index contributed by atoms with van der Waals surface area (Å²) in [6.07, 6.45) is 6.21. The summed E-state index contributed by atoms with van der Waals surface area (Å²) in [6, 6.07) is 4.45. The quantitative estimate of drug-likeness (QED) is 0.607. The fourth-order valence-electron chi connectivity index (χ4n) is 1.02. The van der Waals surface area contributed by atoms with Crippen LogP contribution in [0.25, 0.3) is 4.85 Å². The number of benzene rings is 1. The molecule has 76 valence electrons. The molecule has 0 aliphatic carbocycles. The van der Waals surface area contributed by atoms with Gasteiger partial charge < -0.3 is 0 Å². The van der Waals surface area contributed by atoms with Gasteiger partial charge in [-0.2, -0.15) is 0 Å². The molecule has 0 atom stereocenters. The van der Waals surface area contributed by atoms with Crippen molar-refractivity contribution >= 4 is 21.4 Å². The normalized spacial score (nSPS) is 10.1. The van der Waals surface area contributed by atoms with E-state index in [0.717, 1.165) is 6.26 Å². The van der Waals surface area contributed by atoms with Gasteiger partial charge in [-0.3, -0.25) is 4.72 Å². The predicted octanol–water partition coefficient (Wildman–Crippen LogP) is 1.59. The van der Waals surface area contributed by atoms with Crippen molar-refractivity contribution in [1.82, 2.24) is 0 Å². The minimum absolute atomic E-state index is 0.256. The summed E-state index contributed by atoms with van der Waals surface area (Å²) in [5.41, 5.74) is 1.04. The highest BCUT2D eigenvalue weighted by atomic mass is 32.2. The van der Waals surface area contributed by atoms with Gasteiger partial charge in [0.1, 0.15) is 0 Å². The largest absolute Gasteiger partial charge is 0.285 e. The fourth-order valence-corrected chi connectivity index (χ4v) is 1.58. The zero-order chi connectivity index (χ0) is 11.5. The summed E-state index contributed by atoms with van der Waals surface area (Å²) in [5, 5.41) is 0. The molecule has 0 radical (unpaired) electrons. The Morgan fingerprint density at radius 3 is 2.67 bits per heavy atom. The molecule has 0 saturated heterocycles. The fraction of sp³-hybridized carbons (Fsp3) is 0.100. The van der Waals surface area contributed by atoms with E-state index in [9.17, 15) is 8.42 Å². The van der Waals surface area contributed by atoms with Crippen molar-refractivity contribution < 1.29 is 8.42 Å². The Hall–Kier alpha value is -1.98. The van der Waals surface area contributed by atoms with Gasteiger partial charge >= 0.3 is 0 Å². The maximum Gasteiger partial charge on any atom is 0.229 e. The van der Waals surface area contributed by atoms with Crippen LogP contribution in [0.3, 0.4) is 0 Å². The molecule has 1 N–H and O–H groups in total. The van der Waals surface area contributed by atoms with Gasteiger partial charge in [0.25, 0.3) is 0 Å². The smallest absolute Gasteiger partial charge is 0.229 e. The lowest BCUT2D eigenvalue weighted by Gasteiger charge is -2.04. The molecule has 1 rings (SSSR count). The molecule has 0 amide bonds. The average Bonchev–Trinajstić information content (AvgIpc) is 2.15. The van der Waals surface area contributed by atoms with E-state index < -0.39 is 10.0 Å². The maximum absolute atomic E-state index is 10.9. The topological polar surface area (TPSA) is 50.5 Å². The molecule has 0 heterocycles. The van der Waals surface area contributed by atoms with Gasteiger partial charge in [-0.15, -0.1) is 6.42 Å². The van der Waals surface area contributed by atoms with Crippen LogP contribution in [-0.4, -0.2) is 14.7 Å². The monoisotopic (exact) mass is 220 g/mol. The van der Waals surface area contributed by atoms with Crippen molar-refractivity contribution in [1.29, 1.82) is 0 Å². The Kier molecular flexibility index (Phi) is 2.99. The van der Waals surface area contributed by atoms with E-state index in [0.29, 0.717) is 11.3 Å². The Bertz CT molecular complexity index is 562. The van der Waals surface area contributed by atoms with E-state index in [1.165, 1.54) is 18.2 Å². The van der Waals surface area contributed by atoms with Crippen molar-refractivity contribution in [2.24, 2.45) is 0 Å². The highest BCUT2D eigenvalue weighted by molar-refractivity contribution is 7.92. The van der Waals surface area contributed by atoms with Crippen molar-refractivity contribution in [3.63, 3.8) is 0 Å².